The number of rotatable bonds is 0. The highest BCUT2D eigenvalue weighted by atomic mass is 16.3. The van der Waals surface area contributed by atoms with Crippen LogP contribution >= 0.6 is 0 Å². The summed E-state index contributed by atoms with van der Waals surface area (Å²) in [6.45, 7) is 0. The Balaban J connectivity index is 2.15. The first-order valence-corrected chi connectivity index (χ1v) is 2.71. The third-order valence-electron chi connectivity index (χ3n) is 2.15. The molecule has 0 aromatic heterocycles. The van der Waals surface area contributed by atoms with Crippen LogP contribution < -0.4 is 5.73 Å². The first-order chi connectivity index (χ1) is 3.20. The van der Waals surface area contributed by atoms with Crippen molar-refractivity contribution in [1.82, 2.24) is 0 Å². The predicted molar refractivity (Wildman–Crippen MR) is 25.4 cm³/mol. The molecule has 2 aliphatic rings. The van der Waals surface area contributed by atoms with Gasteiger partial charge in [-0.05, 0) is 18.8 Å². The topological polar surface area (TPSA) is 46.2 Å². The van der Waals surface area contributed by atoms with Crippen molar-refractivity contribution in [3.05, 3.63) is 0 Å². The van der Waals surface area contributed by atoms with E-state index in [0.29, 0.717) is 5.92 Å². The van der Waals surface area contributed by atoms with E-state index in [1.165, 1.54) is 6.42 Å². The van der Waals surface area contributed by atoms with Gasteiger partial charge in [0.1, 0.15) is 5.72 Å². The molecule has 2 heteroatoms. The van der Waals surface area contributed by atoms with Crippen molar-refractivity contribution in [2.24, 2.45) is 17.6 Å². The van der Waals surface area contributed by atoms with Crippen molar-refractivity contribution in [2.45, 2.75) is 18.6 Å². The fourth-order valence-electron chi connectivity index (χ4n) is 1.50. The lowest BCUT2D eigenvalue weighted by Crippen LogP contribution is -2.49. The Hall–Kier alpha value is -0.0800. The van der Waals surface area contributed by atoms with Gasteiger partial charge in [-0.2, -0.15) is 0 Å². The summed E-state index contributed by atoms with van der Waals surface area (Å²) in [5, 5.41) is 9.00. The SMILES string of the molecule is NC1(O)CC2CC21. The van der Waals surface area contributed by atoms with E-state index in [-0.39, 0.29) is 0 Å². The standard InChI is InChI=1S/C5H9NO/c6-5(7)2-3-1-4(3)5/h3-4,7H,1-2,6H2. The molecule has 0 spiro atoms. The van der Waals surface area contributed by atoms with Gasteiger partial charge in [-0.1, -0.05) is 0 Å². The molecule has 0 amide bonds. The second kappa shape index (κ2) is 0.740. The minimum atomic E-state index is -0.745. The Labute approximate surface area is 42.3 Å². The quantitative estimate of drug-likeness (QED) is 0.408. The molecule has 0 radical (unpaired) electrons. The summed E-state index contributed by atoms with van der Waals surface area (Å²) in [6, 6.07) is 0. The van der Waals surface area contributed by atoms with Gasteiger partial charge in [0.15, 0.2) is 0 Å². The number of aliphatic hydroxyl groups is 1. The number of fused-ring (bicyclic) bond motifs is 1. The van der Waals surface area contributed by atoms with Crippen molar-refractivity contribution >= 4 is 0 Å². The van der Waals surface area contributed by atoms with Crippen LogP contribution in [-0.2, 0) is 0 Å². The van der Waals surface area contributed by atoms with Crippen LogP contribution in [0.15, 0.2) is 0 Å². The molecule has 0 heterocycles. The highest BCUT2D eigenvalue weighted by Gasteiger charge is 2.61. The molecule has 3 N–H and O–H groups in total. The van der Waals surface area contributed by atoms with Crippen LogP contribution in [0.25, 0.3) is 0 Å². The van der Waals surface area contributed by atoms with E-state index < -0.39 is 5.72 Å². The van der Waals surface area contributed by atoms with Gasteiger partial charge >= 0.3 is 0 Å². The molecule has 0 bridgehead atoms. The van der Waals surface area contributed by atoms with Gasteiger partial charge < -0.3 is 10.8 Å². The first-order valence-electron chi connectivity index (χ1n) is 2.71. The van der Waals surface area contributed by atoms with Gasteiger partial charge in [0.05, 0.1) is 0 Å². The Morgan fingerprint density at radius 2 is 2.43 bits per heavy atom. The Bertz CT molecular complexity index is 111. The lowest BCUT2D eigenvalue weighted by Gasteiger charge is -2.31. The first kappa shape index (κ1) is 3.87. The molecular weight excluding hydrogens is 90.1 g/mol. The van der Waals surface area contributed by atoms with Crippen LogP contribution in [0.1, 0.15) is 12.8 Å². The van der Waals surface area contributed by atoms with Gasteiger partial charge in [-0.3, -0.25) is 0 Å². The highest BCUT2D eigenvalue weighted by molar-refractivity contribution is 5.10. The van der Waals surface area contributed by atoms with E-state index in [1.807, 2.05) is 0 Å². The average molecular weight is 99.1 g/mol. The maximum atomic E-state index is 9.00. The third-order valence-corrected chi connectivity index (χ3v) is 2.15. The summed E-state index contributed by atoms with van der Waals surface area (Å²) in [5.41, 5.74) is 4.62. The molecule has 0 aromatic carbocycles. The number of nitrogens with two attached hydrogens (primary N) is 1. The Morgan fingerprint density at radius 3 is 2.43 bits per heavy atom. The fraction of sp³-hybridized carbons (Fsp3) is 1.00. The molecule has 7 heavy (non-hydrogen) atoms. The molecule has 0 aliphatic heterocycles. The molecule has 2 nitrogen and oxygen atoms in total. The van der Waals surface area contributed by atoms with Gasteiger partial charge in [0, 0.05) is 5.92 Å². The summed E-state index contributed by atoms with van der Waals surface area (Å²) in [7, 11) is 0. The molecule has 2 aliphatic carbocycles. The Morgan fingerprint density at radius 1 is 1.71 bits per heavy atom. The summed E-state index contributed by atoms with van der Waals surface area (Å²) >= 11 is 0. The van der Waals surface area contributed by atoms with Crippen molar-refractivity contribution in [1.29, 1.82) is 0 Å². The monoisotopic (exact) mass is 99.1 g/mol. The zero-order valence-corrected chi connectivity index (χ0v) is 4.09. The average Bonchev–Trinajstić information content (AvgIpc) is 2.13. The summed E-state index contributed by atoms with van der Waals surface area (Å²) < 4.78 is 0. The van der Waals surface area contributed by atoms with Crippen LogP contribution in [0.4, 0.5) is 0 Å². The minimum Gasteiger partial charge on any atom is -0.376 e. The van der Waals surface area contributed by atoms with Gasteiger partial charge in [0.2, 0.25) is 0 Å². The molecule has 3 atom stereocenters. The second-order valence-electron chi connectivity index (χ2n) is 2.80. The van der Waals surface area contributed by atoms with Crippen LogP contribution in [-0.4, -0.2) is 10.8 Å². The summed E-state index contributed by atoms with van der Waals surface area (Å²) in [6.07, 6.45) is 2.02. The molecule has 2 rings (SSSR count). The minimum absolute atomic E-state index is 0.479. The molecule has 40 valence electrons. The predicted octanol–water partition coefficient (Wildman–Crippen LogP) is -0.327. The number of hydrogen-bond acceptors (Lipinski definition) is 2. The molecular formula is C5H9NO. The van der Waals surface area contributed by atoms with Crippen LogP contribution in [0.5, 0.6) is 0 Å². The van der Waals surface area contributed by atoms with E-state index in [4.69, 9.17) is 10.8 Å². The molecule has 0 saturated heterocycles. The zero-order chi connectivity index (χ0) is 5.07. The van der Waals surface area contributed by atoms with Crippen LogP contribution in [0, 0.1) is 11.8 Å². The molecule has 2 saturated carbocycles. The number of hydrogen-bond donors (Lipinski definition) is 2. The van der Waals surface area contributed by atoms with Crippen molar-refractivity contribution < 1.29 is 5.11 Å². The Kier molecular flexibility index (Phi) is 0.408. The highest BCUT2D eigenvalue weighted by Crippen LogP contribution is 2.59. The molecule has 2 fully saturated rings. The van der Waals surface area contributed by atoms with Crippen LogP contribution in [0.3, 0.4) is 0 Å². The van der Waals surface area contributed by atoms with Crippen molar-refractivity contribution in [3.63, 3.8) is 0 Å². The second-order valence-corrected chi connectivity index (χ2v) is 2.80. The zero-order valence-electron chi connectivity index (χ0n) is 4.09. The smallest absolute Gasteiger partial charge is 0.116 e. The summed E-state index contributed by atoms with van der Waals surface area (Å²) in [5.74, 6) is 1.28. The lowest BCUT2D eigenvalue weighted by molar-refractivity contribution is -0.0403. The van der Waals surface area contributed by atoms with E-state index in [0.717, 1.165) is 12.3 Å². The van der Waals surface area contributed by atoms with E-state index in [9.17, 15) is 0 Å². The normalized spacial score (nSPS) is 66.0. The van der Waals surface area contributed by atoms with Gasteiger partial charge in [0.25, 0.3) is 0 Å². The van der Waals surface area contributed by atoms with E-state index in [1.54, 1.807) is 0 Å². The van der Waals surface area contributed by atoms with Gasteiger partial charge in [-0.15, -0.1) is 0 Å². The lowest BCUT2D eigenvalue weighted by atomic mass is 9.90. The maximum absolute atomic E-state index is 9.00. The van der Waals surface area contributed by atoms with Crippen molar-refractivity contribution in [2.75, 3.05) is 0 Å². The largest absolute Gasteiger partial charge is 0.376 e. The fourth-order valence-corrected chi connectivity index (χ4v) is 1.50. The van der Waals surface area contributed by atoms with Gasteiger partial charge in [-0.25, -0.2) is 0 Å². The van der Waals surface area contributed by atoms with Crippen LogP contribution in [0.2, 0.25) is 0 Å². The van der Waals surface area contributed by atoms with E-state index >= 15 is 0 Å². The van der Waals surface area contributed by atoms with Crippen molar-refractivity contribution in [3.8, 4) is 0 Å². The maximum Gasteiger partial charge on any atom is 0.116 e. The van der Waals surface area contributed by atoms with E-state index in [2.05, 4.69) is 0 Å². The molecule has 3 unspecified atom stereocenters. The third kappa shape index (κ3) is 0.318. The summed E-state index contributed by atoms with van der Waals surface area (Å²) in [4.78, 5) is 0. The molecule has 0 aromatic rings.